The second kappa shape index (κ2) is 8.02. The van der Waals surface area contributed by atoms with Gasteiger partial charge in [0.2, 0.25) is 5.75 Å². The van der Waals surface area contributed by atoms with Crippen LogP contribution in [0, 0.1) is 6.92 Å². The number of hydrogen-bond donors (Lipinski definition) is 0. The Balaban J connectivity index is 2.22. The number of esters is 1. The van der Waals surface area contributed by atoms with Gasteiger partial charge in [-0.05, 0) is 37.5 Å². The molecular weight excluding hydrogens is 294 g/mol. The van der Waals surface area contributed by atoms with Crippen molar-refractivity contribution in [1.29, 1.82) is 0 Å². The minimum atomic E-state index is -0.275. The fraction of sp³-hybridized carbons (Fsp3) is 0.500. The second-order valence-electron chi connectivity index (χ2n) is 5.60. The van der Waals surface area contributed by atoms with Crippen molar-refractivity contribution >= 4 is 5.97 Å². The molecule has 0 fully saturated rings. The van der Waals surface area contributed by atoms with Crippen LogP contribution in [0.3, 0.4) is 0 Å². The Hall–Kier alpha value is -2.01. The lowest BCUT2D eigenvalue weighted by atomic mass is 10.1. The lowest BCUT2D eigenvalue weighted by molar-refractivity contribution is -0.140. The number of aryl methyl sites for hydroxylation is 1. The van der Waals surface area contributed by atoms with E-state index in [4.69, 9.17) is 14.2 Å². The van der Waals surface area contributed by atoms with E-state index in [1.165, 1.54) is 0 Å². The minimum absolute atomic E-state index is 0.268. The molecule has 0 unspecified atom stereocenters. The molecule has 23 heavy (non-hydrogen) atoms. The topological polar surface area (TPSA) is 48.0 Å². The van der Waals surface area contributed by atoms with Gasteiger partial charge in [0.15, 0.2) is 11.5 Å². The molecule has 0 amide bonds. The van der Waals surface area contributed by atoms with Gasteiger partial charge in [0.05, 0.1) is 14.2 Å². The molecule has 0 spiro atoms. The van der Waals surface area contributed by atoms with Crippen molar-refractivity contribution in [2.75, 3.05) is 27.3 Å². The molecule has 1 aliphatic heterocycles. The summed E-state index contributed by atoms with van der Waals surface area (Å²) < 4.78 is 16.4. The number of carbonyl (C=O) groups is 1. The predicted octanol–water partition coefficient (Wildman–Crippen LogP) is 2.96. The largest absolute Gasteiger partial charge is 0.493 e. The van der Waals surface area contributed by atoms with E-state index < -0.39 is 0 Å². The van der Waals surface area contributed by atoms with Crippen LogP contribution in [0.5, 0.6) is 17.2 Å². The standard InChI is InChI=1S/C18H25NO4/c1-5-14(19-9-7-6-8-10-19)18(20)23-17-15(21-3)11-13(2)12-16(17)22-4/h6-7,11-12,14H,5,8-10H2,1-4H3/t14-/m0/s1. The van der Waals surface area contributed by atoms with E-state index in [0.29, 0.717) is 23.7 Å². The Morgan fingerprint density at radius 3 is 2.35 bits per heavy atom. The summed E-state index contributed by atoms with van der Waals surface area (Å²) in [5.41, 5.74) is 0.978. The van der Waals surface area contributed by atoms with Gasteiger partial charge in [0.25, 0.3) is 0 Å². The zero-order valence-electron chi connectivity index (χ0n) is 14.3. The van der Waals surface area contributed by atoms with Crippen LogP contribution in [0.1, 0.15) is 25.3 Å². The van der Waals surface area contributed by atoms with E-state index in [1.54, 1.807) is 14.2 Å². The highest BCUT2D eigenvalue weighted by Gasteiger charge is 2.28. The van der Waals surface area contributed by atoms with E-state index in [2.05, 4.69) is 17.1 Å². The van der Waals surface area contributed by atoms with Crippen molar-refractivity contribution in [3.63, 3.8) is 0 Å². The summed E-state index contributed by atoms with van der Waals surface area (Å²) in [7, 11) is 3.11. The van der Waals surface area contributed by atoms with Crippen LogP contribution >= 0.6 is 0 Å². The van der Waals surface area contributed by atoms with Gasteiger partial charge in [0.1, 0.15) is 6.04 Å². The predicted molar refractivity (Wildman–Crippen MR) is 89.3 cm³/mol. The molecular formula is C18H25NO4. The van der Waals surface area contributed by atoms with Crippen LogP contribution in [0.4, 0.5) is 0 Å². The summed E-state index contributed by atoms with van der Waals surface area (Å²) in [6.07, 6.45) is 5.89. The average Bonchev–Trinajstić information content (AvgIpc) is 2.57. The smallest absolute Gasteiger partial charge is 0.329 e. The third-order valence-electron chi connectivity index (χ3n) is 4.00. The minimum Gasteiger partial charge on any atom is -0.493 e. The zero-order chi connectivity index (χ0) is 16.8. The van der Waals surface area contributed by atoms with Crippen LogP contribution < -0.4 is 14.2 Å². The number of benzene rings is 1. The molecule has 1 aromatic carbocycles. The van der Waals surface area contributed by atoms with Gasteiger partial charge in [0, 0.05) is 13.1 Å². The first-order valence-corrected chi connectivity index (χ1v) is 7.94. The Kier molecular flexibility index (Phi) is 6.04. The lowest BCUT2D eigenvalue weighted by Gasteiger charge is -2.30. The van der Waals surface area contributed by atoms with Crippen LogP contribution in [0.25, 0.3) is 0 Å². The van der Waals surface area contributed by atoms with Gasteiger partial charge < -0.3 is 14.2 Å². The van der Waals surface area contributed by atoms with Crippen LogP contribution in [0.2, 0.25) is 0 Å². The van der Waals surface area contributed by atoms with E-state index in [1.807, 2.05) is 26.0 Å². The molecule has 0 bridgehead atoms. The second-order valence-corrected chi connectivity index (χ2v) is 5.60. The Morgan fingerprint density at radius 2 is 1.87 bits per heavy atom. The third kappa shape index (κ3) is 4.05. The SMILES string of the molecule is CC[C@@H](C(=O)Oc1c(OC)cc(C)cc1OC)N1CC=CCC1. The highest BCUT2D eigenvalue weighted by Crippen LogP contribution is 2.38. The highest BCUT2D eigenvalue weighted by atomic mass is 16.6. The molecule has 0 saturated carbocycles. The van der Waals surface area contributed by atoms with Gasteiger partial charge in [-0.25, -0.2) is 4.79 Å². The van der Waals surface area contributed by atoms with Crippen LogP contribution in [-0.4, -0.2) is 44.2 Å². The van der Waals surface area contributed by atoms with Crippen molar-refractivity contribution < 1.29 is 19.0 Å². The highest BCUT2D eigenvalue weighted by molar-refractivity contribution is 5.80. The van der Waals surface area contributed by atoms with E-state index in [-0.39, 0.29) is 12.0 Å². The number of ether oxygens (including phenoxy) is 3. The molecule has 0 aromatic heterocycles. The lowest BCUT2D eigenvalue weighted by Crippen LogP contribution is -2.44. The van der Waals surface area contributed by atoms with E-state index >= 15 is 0 Å². The Bertz CT molecular complexity index is 557. The van der Waals surface area contributed by atoms with E-state index in [9.17, 15) is 4.79 Å². The first-order chi connectivity index (χ1) is 11.1. The third-order valence-corrected chi connectivity index (χ3v) is 4.00. The molecule has 0 aliphatic carbocycles. The quantitative estimate of drug-likeness (QED) is 0.458. The molecule has 5 heteroatoms. The van der Waals surface area contributed by atoms with Gasteiger partial charge in [-0.1, -0.05) is 19.1 Å². The Labute approximate surface area is 137 Å². The molecule has 1 aliphatic rings. The first-order valence-electron chi connectivity index (χ1n) is 7.94. The van der Waals surface area contributed by atoms with E-state index in [0.717, 1.165) is 25.1 Å². The molecule has 0 N–H and O–H groups in total. The fourth-order valence-electron chi connectivity index (χ4n) is 2.80. The number of methoxy groups -OCH3 is 2. The van der Waals surface area contributed by atoms with Gasteiger partial charge in [-0.15, -0.1) is 0 Å². The molecule has 2 rings (SSSR count). The van der Waals surface area contributed by atoms with Crippen LogP contribution in [-0.2, 0) is 4.79 Å². The molecule has 1 aromatic rings. The van der Waals surface area contributed by atoms with Crippen molar-refractivity contribution in [3.8, 4) is 17.2 Å². The zero-order valence-corrected chi connectivity index (χ0v) is 14.3. The number of hydrogen-bond acceptors (Lipinski definition) is 5. The maximum Gasteiger partial charge on any atom is 0.329 e. The molecule has 5 nitrogen and oxygen atoms in total. The van der Waals surface area contributed by atoms with Gasteiger partial charge >= 0.3 is 5.97 Å². The maximum atomic E-state index is 12.7. The average molecular weight is 319 g/mol. The van der Waals surface area contributed by atoms with Crippen molar-refractivity contribution in [2.24, 2.45) is 0 Å². The number of nitrogens with zero attached hydrogens (tertiary/aromatic N) is 1. The summed E-state index contributed by atoms with van der Waals surface area (Å²) in [6, 6.07) is 3.39. The summed E-state index contributed by atoms with van der Waals surface area (Å²) in [4.78, 5) is 14.8. The normalized spacial score (nSPS) is 16.0. The van der Waals surface area contributed by atoms with Crippen molar-refractivity contribution in [3.05, 3.63) is 29.8 Å². The Morgan fingerprint density at radius 1 is 1.22 bits per heavy atom. The molecule has 1 heterocycles. The van der Waals surface area contributed by atoms with Gasteiger partial charge in [-0.3, -0.25) is 4.90 Å². The van der Waals surface area contributed by atoms with Gasteiger partial charge in [-0.2, -0.15) is 0 Å². The summed E-state index contributed by atoms with van der Waals surface area (Å²) in [6.45, 7) is 5.57. The molecule has 0 saturated heterocycles. The molecule has 0 radical (unpaired) electrons. The number of carbonyl (C=O) groups excluding carboxylic acids is 1. The fourth-order valence-corrected chi connectivity index (χ4v) is 2.80. The number of rotatable bonds is 6. The maximum absolute atomic E-state index is 12.7. The summed E-state index contributed by atoms with van der Waals surface area (Å²) in [5, 5.41) is 0. The molecule has 126 valence electrons. The molecule has 1 atom stereocenters. The van der Waals surface area contributed by atoms with Crippen molar-refractivity contribution in [2.45, 2.75) is 32.7 Å². The summed E-state index contributed by atoms with van der Waals surface area (Å²) in [5.74, 6) is 1.08. The monoisotopic (exact) mass is 319 g/mol. The van der Waals surface area contributed by atoms with Crippen molar-refractivity contribution in [1.82, 2.24) is 4.90 Å². The summed E-state index contributed by atoms with van der Waals surface area (Å²) >= 11 is 0. The van der Waals surface area contributed by atoms with Crippen LogP contribution in [0.15, 0.2) is 24.3 Å². The first kappa shape index (κ1) is 17.3.